The van der Waals surface area contributed by atoms with Crippen LogP contribution >= 0.6 is 23.2 Å². The number of nitrogens with one attached hydrogen (secondary N) is 1. The molecule has 116 valence electrons. The van der Waals surface area contributed by atoms with Gasteiger partial charge in [0.25, 0.3) is 5.91 Å². The third-order valence-corrected chi connectivity index (χ3v) is 4.92. The molecule has 1 amide bonds. The molecule has 9 heteroatoms. The number of halogens is 2. The lowest BCUT2D eigenvalue weighted by Gasteiger charge is -2.17. The van der Waals surface area contributed by atoms with Gasteiger partial charge in [0, 0.05) is 11.6 Å². The molecular weight excluding hydrogens is 339 g/mol. The standard InChI is InChI=1S/C12H14Cl2N2O4S/c1-6-9(2-3-20-6)16-12(17)8-4-7(13)5-10(11(8)14)21(15,18)19/h4-6,9H,2-3H2,1H3,(H,16,17)(H2,15,18,19). The minimum absolute atomic E-state index is 0.0349. The van der Waals surface area contributed by atoms with Gasteiger partial charge >= 0.3 is 0 Å². The van der Waals surface area contributed by atoms with Gasteiger partial charge in [-0.15, -0.1) is 0 Å². The average Bonchev–Trinajstić information content (AvgIpc) is 2.76. The van der Waals surface area contributed by atoms with E-state index in [9.17, 15) is 13.2 Å². The summed E-state index contributed by atoms with van der Waals surface area (Å²) in [5.41, 5.74) is -0.0349. The highest BCUT2D eigenvalue weighted by Crippen LogP contribution is 2.29. The van der Waals surface area contributed by atoms with Crippen LogP contribution in [0.2, 0.25) is 10.0 Å². The van der Waals surface area contributed by atoms with E-state index >= 15 is 0 Å². The van der Waals surface area contributed by atoms with Gasteiger partial charge in [-0.25, -0.2) is 13.6 Å². The normalized spacial score (nSPS) is 22.3. The Morgan fingerprint density at radius 1 is 1.43 bits per heavy atom. The maximum Gasteiger partial charge on any atom is 0.253 e. The van der Waals surface area contributed by atoms with E-state index in [0.29, 0.717) is 13.0 Å². The van der Waals surface area contributed by atoms with Crippen molar-refractivity contribution in [1.29, 1.82) is 0 Å². The van der Waals surface area contributed by atoms with Crippen LogP contribution in [0.4, 0.5) is 0 Å². The van der Waals surface area contributed by atoms with Crippen molar-refractivity contribution >= 4 is 39.1 Å². The van der Waals surface area contributed by atoms with E-state index in [1.807, 2.05) is 6.92 Å². The highest BCUT2D eigenvalue weighted by atomic mass is 35.5. The van der Waals surface area contributed by atoms with Crippen molar-refractivity contribution < 1.29 is 17.9 Å². The van der Waals surface area contributed by atoms with Gasteiger partial charge in [0.1, 0.15) is 4.90 Å². The fourth-order valence-corrected chi connectivity index (χ4v) is 3.56. The fourth-order valence-electron chi connectivity index (χ4n) is 2.10. The lowest BCUT2D eigenvalue weighted by atomic mass is 10.1. The van der Waals surface area contributed by atoms with E-state index in [0.717, 1.165) is 6.07 Å². The zero-order valence-corrected chi connectivity index (χ0v) is 13.4. The fraction of sp³-hybridized carbons (Fsp3) is 0.417. The molecule has 2 rings (SSSR count). The number of carbonyl (C=O) groups is 1. The topological polar surface area (TPSA) is 98.5 Å². The molecule has 6 nitrogen and oxygen atoms in total. The van der Waals surface area contributed by atoms with E-state index in [1.54, 1.807) is 0 Å². The van der Waals surface area contributed by atoms with Gasteiger partial charge in [0.2, 0.25) is 10.0 Å². The first kappa shape index (κ1) is 16.5. The first-order chi connectivity index (χ1) is 9.70. The molecule has 0 spiro atoms. The molecule has 1 aromatic carbocycles. The van der Waals surface area contributed by atoms with E-state index in [-0.39, 0.29) is 32.7 Å². The molecule has 0 saturated carbocycles. The average molecular weight is 353 g/mol. The number of hydrogen-bond donors (Lipinski definition) is 2. The van der Waals surface area contributed by atoms with Gasteiger partial charge in [-0.05, 0) is 25.5 Å². The monoisotopic (exact) mass is 352 g/mol. The third kappa shape index (κ3) is 3.67. The van der Waals surface area contributed by atoms with Crippen molar-refractivity contribution in [3.05, 3.63) is 27.7 Å². The highest BCUT2D eigenvalue weighted by molar-refractivity contribution is 7.89. The molecule has 0 radical (unpaired) electrons. The molecule has 2 unspecified atom stereocenters. The number of hydrogen-bond acceptors (Lipinski definition) is 4. The molecular formula is C12H14Cl2N2O4S. The smallest absolute Gasteiger partial charge is 0.253 e. The summed E-state index contributed by atoms with van der Waals surface area (Å²) >= 11 is 11.8. The summed E-state index contributed by atoms with van der Waals surface area (Å²) in [4.78, 5) is 11.9. The van der Waals surface area contributed by atoms with Crippen LogP contribution < -0.4 is 10.5 Å². The minimum atomic E-state index is -4.07. The molecule has 1 aromatic rings. The summed E-state index contributed by atoms with van der Waals surface area (Å²) in [6.07, 6.45) is 0.553. The summed E-state index contributed by atoms with van der Waals surface area (Å²) in [7, 11) is -4.07. The number of amides is 1. The van der Waals surface area contributed by atoms with Crippen LogP contribution in [0.25, 0.3) is 0 Å². The number of carbonyl (C=O) groups excluding carboxylic acids is 1. The summed E-state index contributed by atoms with van der Waals surface area (Å²) in [6.45, 7) is 2.39. The molecule has 3 N–H and O–H groups in total. The molecule has 1 aliphatic rings. The van der Waals surface area contributed by atoms with Gasteiger partial charge in [0.15, 0.2) is 0 Å². The highest BCUT2D eigenvalue weighted by Gasteiger charge is 2.28. The summed E-state index contributed by atoms with van der Waals surface area (Å²) in [5, 5.41) is 7.62. The molecule has 21 heavy (non-hydrogen) atoms. The molecule has 0 aliphatic carbocycles. The molecule has 0 aromatic heterocycles. The number of rotatable bonds is 3. The van der Waals surface area contributed by atoms with Crippen LogP contribution in [0.3, 0.4) is 0 Å². The molecule has 0 bridgehead atoms. The Morgan fingerprint density at radius 2 is 2.10 bits per heavy atom. The van der Waals surface area contributed by atoms with Crippen molar-refractivity contribution in [3.8, 4) is 0 Å². The van der Waals surface area contributed by atoms with Crippen molar-refractivity contribution in [2.45, 2.75) is 30.4 Å². The predicted molar refractivity (Wildman–Crippen MR) is 79.1 cm³/mol. The minimum Gasteiger partial charge on any atom is -0.376 e. The Labute approximate surface area is 132 Å². The third-order valence-electron chi connectivity index (χ3n) is 3.25. The quantitative estimate of drug-likeness (QED) is 0.861. The largest absolute Gasteiger partial charge is 0.376 e. The van der Waals surface area contributed by atoms with Crippen LogP contribution in [-0.4, -0.2) is 33.1 Å². The Balaban J connectivity index is 2.35. The second-order valence-electron chi connectivity index (χ2n) is 4.76. The first-order valence-corrected chi connectivity index (χ1v) is 8.44. The number of nitrogens with two attached hydrogens (primary N) is 1. The van der Waals surface area contributed by atoms with Crippen molar-refractivity contribution in [2.24, 2.45) is 5.14 Å². The van der Waals surface area contributed by atoms with E-state index in [1.165, 1.54) is 6.07 Å². The van der Waals surface area contributed by atoms with Crippen LogP contribution in [0.1, 0.15) is 23.7 Å². The summed E-state index contributed by atoms with van der Waals surface area (Å²) in [6, 6.07) is 2.25. The maximum absolute atomic E-state index is 12.3. The zero-order valence-electron chi connectivity index (χ0n) is 11.1. The Morgan fingerprint density at radius 3 is 2.62 bits per heavy atom. The molecule has 1 heterocycles. The molecule has 1 saturated heterocycles. The Hall–Kier alpha value is -0.860. The summed E-state index contributed by atoms with van der Waals surface area (Å²) < 4.78 is 28.3. The lowest BCUT2D eigenvalue weighted by molar-refractivity contribution is 0.0866. The number of primary sulfonamides is 1. The van der Waals surface area contributed by atoms with Gasteiger partial charge < -0.3 is 10.1 Å². The SMILES string of the molecule is CC1OCCC1NC(=O)c1cc(Cl)cc(S(N)(=O)=O)c1Cl. The van der Waals surface area contributed by atoms with Crippen molar-refractivity contribution in [3.63, 3.8) is 0 Å². The Bertz CT molecular complexity index is 678. The van der Waals surface area contributed by atoms with Crippen molar-refractivity contribution in [2.75, 3.05) is 6.61 Å². The number of benzene rings is 1. The van der Waals surface area contributed by atoms with Gasteiger partial charge in [0.05, 0.1) is 22.7 Å². The second kappa shape index (κ2) is 6.10. The van der Waals surface area contributed by atoms with Crippen LogP contribution in [-0.2, 0) is 14.8 Å². The predicted octanol–water partition coefficient (Wildman–Crippen LogP) is 1.55. The zero-order chi connectivity index (χ0) is 15.8. The van der Waals surface area contributed by atoms with Crippen LogP contribution in [0.5, 0.6) is 0 Å². The van der Waals surface area contributed by atoms with Crippen LogP contribution in [0.15, 0.2) is 17.0 Å². The number of sulfonamides is 1. The van der Waals surface area contributed by atoms with Crippen LogP contribution in [0, 0.1) is 0 Å². The molecule has 2 atom stereocenters. The maximum atomic E-state index is 12.3. The number of ether oxygens (including phenoxy) is 1. The summed E-state index contributed by atoms with van der Waals surface area (Å²) in [5.74, 6) is -0.519. The first-order valence-electron chi connectivity index (χ1n) is 6.14. The second-order valence-corrected chi connectivity index (χ2v) is 7.10. The van der Waals surface area contributed by atoms with E-state index in [4.69, 9.17) is 33.1 Å². The van der Waals surface area contributed by atoms with Crippen molar-refractivity contribution in [1.82, 2.24) is 5.32 Å². The molecule has 1 aliphatic heterocycles. The van der Waals surface area contributed by atoms with Gasteiger partial charge in [-0.3, -0.25) is 4.79 Å². The lowest BCUT2D eigenvalue weighted by Crippen LogP contribution is -2.39. The van der Waals surface area contributed by atoms with Gasteiger partial charge in [-0.2, -0.15) is 0 Å². The Kier molecular flexibility index (Phi) is 4.79. The van der Waals surface area contributed by atoms with E-state index < -0.39 is 15.9 Å². The molecule has 1 fully saturated rings. The van der Waals surface area contributed by atoms with Gasteiger partial charge in [-0.1, -0.05) is 23.2 Å². The van der Waals surface area contributed by atoms with E-state index in [2.05, 4.69) is 5.32 Å².